The largest absolute Gasteiger partial charge is 0.540 e. The van der Waals surface area contributed by atoms with Crippen LogP contribution in [0.2, 0.25) is 21.6 Å². The molecule has 0 saturated heterocycles. The van der Waals surface area contributed by atoms with Gasteiger partial charge in [0.25, 0.3) is 8.32 Å². The number of hydrogen-bond acceptors (Lipinski definition) is 5. The van der Waals surface area contributed by atoms with E-state index in [-0.39, 0.29) is 11.8 Å². The van der Waals surface area contributed by atoms with E-state index in [9.17, 15) is 4.79 Å². The lowest BCUT2D eigenvalue weighted by Gasteiger charge is -2.43. The van der Waals surface area contributed by atoms with Crippen molar-refractivity contribution in [3.05, 3.63) is 70.6 Å². The van der Waals surface area contributed by atoms with Crippen molar-refractivity contribution >= 4 is 37.2 Å². The van der Waals surface area contributed by atoms with Crippen molar-refractivity contribution in [3.8, 4) is 0 Å². The summed E-state index contributed by atoms with van der Waals surface area (Å²) >= 11 is 6.44. The molecule has 0 spiro atoms. The van der Waals surface area contributed by atoms with E-state index in [2.05, 4.69) is 51.8 Å². The number of fused-ring (bicyclic) bond motifs is 3. The van der Waals surface area contributed by atoms with E-state index in [4.69, 9.17) is 21.0 Å². The number of ketones is 1. The highest BCUT2D eigenvalue weighted by atomic mass is 35.5. The number of amidine groups is 1. The van der Waals surface area contributed by atoms with Crippen molar-refractivity contribution < 1.29 is 9.22 Å². The van der Waals surface area contributed by atoms with Crippen LogP contribution < -0.4 is 5.32 Å². The number of halogens is 1. The molecule has 1 aromatic heterocycles. The van der Waals surface area contributed by atoms with E-state index in [1.54, 1.807) is 18.6 Å². The van der Waals surface area contributed by atoms with Gasteiger partial charge in [-0.05, 0) is 41.3 Å². The molecule has 4 rings (SSSR count). The summed E-state index contributed by atoms with van der Waals surface area (Å²) in [7, 11) is -2.27. The van der Waals surface area contributed by atoms with Crippen LogP contribution in [0.4, 0.5) is 5.69 Å². The second-order valence-electron chi connectivity index (χ2n) is 10.0. The van der Waals surface area contributed by atoms with E-state index in [1.807, 2.05) is 35.8 Å². The number of allylic oxidation sites excluding steroid dienone is 2. The van der Waals surface area contributed by atoms with Crippen LogP contribution in [0.3, 0.4) is 0 Å². The van der Waals surface area contributed by atoms with Crippen molar-refractivity contribution in [1.29, 1.82) is 0 Å². The summed E-state index contributed by atoms with van der Waals surface area (Å²) < 4.78 is 8.78. The Balaban J connectivity index is 1.72. The van der Waals surface area contributed by atoms with E-state index in [0.717, 1.165) is 16.9 Å². The van der Waals surface area contributed by atoms with E-state index in [1.165, 1.54) is 0 Å². The molecule has 1 atom stereocenters. The zero-order chi connectivity index (χ0) is 24.8. The van der Waals surface area contributed by atoms with Gasteiger partial charge < -0.3 is 14.3 Å². The molecular weight excluding hydrogens is 464 g/mol. The molecule has 0 amide bonds. The van der Waals surface area contributed by atoms with Gasteiger partial charge in [-0.3, -0.25) is 4.79 Å². The van der Waals surface area contributed by atoms with E-state index >= 15 is 0 Å². The Hall–Kier alpha value is -2.64. The highest BCUT2D eigenvalue weighted by Gasteiger charge is 2.48. The first-order valence-electron chi connectivity index (χ1n) is 11.9. The standard InChI is InChI=1S/C26H33ClN4O2Si/c1-15(2)34(16(3)4,17(5)6)33-24-12-21-20(11-23(24)32)29-26(22-13-28-14-31(21)22)30-25-18(7)9-8-10-19(25)27/h8-17,21H,1-7H3,(H,29,30). The van der Waals surface area contributed by atoms with Gasteiger partial charge in [-0.15, -0.1) is 0 Å². The predicted molar refractivity (Wildman–Crippen MR) is 141 cm³/mol. The first-order chi connectivity index (χ1) is 16.1. The summed E-state index contributed by atoms with van der Waals surface area (Å²) in [5.74, 6) is 0.910. The summed E-state index contributed by atoms with van der Waals surface area (Å²) in [5.41, 5.74) is 4.38. The van der Waals surface area contributed by atoms with Crippen LogP contribution in [0.5, 0.6) is 0 Å². The Morgan fingerprint density at radius 1 is 1.12 bits per heavy atom. The predicted octanol–water partition coefficient (Wildman–Crippen LogP) is 6.80. The van der Waals surface area contributed by atoms with Crippen LogP contribution in [-0.4, -0.2) is 29.5 Å². The number of imidazole rings is 1. The third kappa shape index (κ3) is 4.05. The van der Waals surface area contributed by atoms with Crippen molar-refractivity contribution in [2.45, 2.75) is 71.1 Å². The van der Waals surface area contributed by atoms with Gasteiger partial charge >= 0.3 is 0 Å². The van der Waals surface area contributed by atoms with Crippen LogP contribution in [0.1, 0.15) is 58.8 Å². The SMILES string of the molecule is Cc1cccc(Cl)c1NC1=NC2=CC(=O)C(O[Si](C(C)C)(C(C)C)C(C)C)=CC2n2cncc21. The molecule has 8 heteroatoms. The molecule has 6 nitrogen and oxygen atoms in total. The molecule has 1 N–H and O–H groups in total. The Kier molecular flexibility index (Phi) is 6.62. The molecule has 2 aromatic rings. The molecule has 2 aliphatic rings. The number of carbonyl (C=O) groups is 1. The first kappa shape index (κ1) is 24.5. The molecule has 0 radical (unpaired) electrons. The number of benzene rings is 1. The van der Waals surface area contributed by atoms with Gasteiger partial charge in [0.2, 0.25) is 5.78 Å². The van der Waals surface area contributed by atoms with Crippen LogP contribution in [0.15, 0.2) is 59.3 Å². The monoisotopic (exact) mass is 496 g/mol. The highest BCUT2D eigenvalue weighted by molar-refractivity contribution is 6.78. The van der Waals surface area contributed by atoms with E-state index in [0.29, 0.717) is 38.9 Å². The number of para-hydroxylation sites is 1. The quantitative estimate of drug-likeness (QED) is 0.446. The van der Waals surface area contributed by atoms with Gasteiger partial charge in [0.05, 0.1) is 35.0 Å². The van der Waals surface area contributed by atoms with Crippen molar-refractivity contribution in [1.82, 2.24) is 9.55 Å². The van der Waals surface area contributed by atoms with Crippen molar-refractivity contribution in [2.24, 2.45) is 4.99 Å². The molecule has 2 heterocycles. The average Bonchev–Trinajstić information content (AvgIpc) is 3.24. The minimum Gasteiger partial charge on any atom is -0.540 e. The second-order valence-corrected chi connectivity index (χ2v) is 15.8. The lowest BCUT2D eigenvalue weighted by Crippen LogP contribution is -2.48. The lowest BCUT2D eigenvalue weighted by atomic mass is 10.0. The highest BCUT2D eigenvalue weighted by Crippen LogP contribution is 2.45. The van der Waals surface area contributed by atoms with Crippen LogP contribution in [0.25, 0.3) is 0 Å². The molecule has 34 heavy (non-hydrogen) atoms. The Morgan fingerprint density at radius 3 is 2.41 bits per heavy atom. The number of rotatable bonds is 6. The maximum atomic E-state index is 13.2. The Bertz CT molecular complexity index is 1170. The molecule has 1 aliphatic heterocycles. The number of hydrogen-bond donors (Lipinski definition) is 1. The number of nitrogens with one attached hydrogen (secondary N) is 1. The van der Waals surface area contributed by atoms with E-state index < -0.39 is 8.32 Å². The number of aryl methyl sites for hydroxylation is 1. The fourth-order valence-electron chi connectivity index (χ4n) is 5.45. The lowest BCUT2D eigenvalue weighted by molar-refractivity contribution is -0.113. The number of nitrogens with zero attached hydrogens (tertiary/aromatic N) is 3. The van der Waals surface area contributed by atoms with Gasteiger partial charge in [0.15, 0.2) is 11.6 Å². The number of anilines is 1. The number of carbonyl (C=O) groups excluding carboxylic acids is 1. The molecule has 180 valence electrons. The van der Waals surface area contributed by atoms with Crippen LogP contribution in [-0.2, 0) is 9.22 Å². The van der Waals surface area contributed by atoms with Crippen molar-refractivity contribution in [3.63, 3.8) is 0 Å². The Morgan fingerprint density at radius 2 is 1.79 bits per heavy atom. The normalized spacial score (nSPS) is 17.9. The maximum absolute atomic E-state index is 13.2. The second kappa shape index (κ2) is 9.19. The smallest absolute Gasteiger partial charge is 0.258 e. The van der Waals surface area contributed by atoms with Crippen LogP contribution >= 0.6 is 11.6 Å². The summed E-state index contributed by atoms with van der Waals surface area (Å²) in [6.07, 6.45) is 7.06. The summed E-state index contributed by atoms with van der Waals surface area (Å²) in [5, 5.41) is 3.97. The van der Waals surface area contributed by atoms with Crippen LogP contribution in [0, 0.1) is 6.92 Å². The van der Waals surface area contributed by atoms with Gasteiger partial charge in [-0.2, -0.15) is 0 Å². The summed E-state index contributed by atoms with van der Waals surface area (Å²) in [6, 6.07) is 5.49. The maximum Gasteiger partial charge on any atom is 0.258 e. The first-order valence-corrected chi connectivity index (χ1v) is 14.4. The third-order valence-electron chi connectivity index (χ3n) is 7.04. The van der Waals surface area contributed by atoms with Gasteiger partial charge in [-0.25, -0.2) is 9.98 Å². The zero-order valence-electron chi connectivity index (χ0n) is 20.9. The fraction of sp³-hybridized carbons (Fsp3) is 0.423. The van der Waals surface area contributed by atoms with Gasteiger partial charge in [0.1, 0.15) is 5.69 Å². The molecule has 0 bridgehead atoms. The molecular formula is C26H33ClN4O2Si. The summed E-state index contributed by atoms with van der Waals surface area (Å²) in [4.78, 5) is 22.4. The molecule has 0 saturated carbocycles. The summed E-state index contributed by atoms with van der Waals surface area (Å²) in [6.45, 7) is 15.3. The van der Waals surface area contributed by atoms with Gasteiger partial charge in [-0.1, -0.05) is 65.3 Å². The number of aliphatic imine (C=N–C) groups is 1. The minimum absolute atomic E-state index is 0.134. The zero-order valence-corrected chi connectivity index (χ0v) is 22.6. The molecule has 1 unspecified atom stereocenters. The average molecular weight is 497 g/mol. The fourth-order valence-corrected chi connectivity index (χ4v) is 11.0. The molecule has 0 fully saturated rings. The Labute approximate surface area is 207 Å². The third-order valence-corrected chi connectivity index (χ3v) is 13.3. The molecule has 1 aliphatic carbocycles. The topological polar surface area (TPSA) is 68.5 Å². The molecule has 1 aromatic carbocycles. The number of aromatic nitrogens is 2. The minimum atomic E-state index is -2.27. The van der Waals surface area contributed by atoms with Gasteiger partial charge in [0, 0.05) is 6.08 Å². The van der Waals surface area contributed by atoms with Crippen molar-refractivity contribution in [2.75, 3.05) is 5.32 Å².